The Labute approximate surface area is 100 Å². The Balaban J connectivity index is 1.64. The van der Waals surface area contributed by atoms with Crippen LogP contribution >= 0.6 is 0 Å². The maximum Gasteiger partial charge on any atom is 0.266 e. The van der Waals surface area contributed by atoms with Crippen LogP contribution in [0.4, 0.5) is 5.69 Å². The third-order valence-corrected chi connectivity index (χ3v) is 3.86. The number of fused-ring (bicyclic) bond motifs is 1. The Hall–Kier alpha value is -1.36. The summed E-state index contributed by atoms with van der Waals surface area (Å²) in [5.74, 6) is 0. The summed E-state index contributed by atoms with van der Waals surface area (Å²) in [5, 5.41) is 9.62. The van der Waals surface area contributed by atoms with E-state index in [1.54, 1.807) is 12.3 Å². The number of nitrogens with one attached hydrogen (secondary N) is 2. The zero-order chi connectivity index (χ0) is 11.7. The van der Waals surface area contributed by atoms with E-state index in [2.05, 4.69) is 20.4 Å². The van der Waals surface area contributed by atoms with Crippen LogP contribution in [-0.2, 0) is 0 Å². The largest absolute Gasteiger partial charge is 0.381 e. The SMILES string of the molecule is O=c1cc(NC2CCN3CCCC3C2)cn[nH]1. The zero-order valence-corrected chi connectivity index (χ0v) is 9.85. The van der Waals surface area contributed by atoms with Gasteiger partial charge in [0.2, 0.25) is 0 Å². The molecule has 2 fully saturated rings. The van der Waals surface area contributed by atoms with Gasteiger partial charge < -0.3 is 10.2 Å². The Morgan fingerprint density at radius 1 is 1.41 bits per heavy atom. The van der Waals surface area contributed by atoms with Gasteiger partial charge in [-0.2, -0.15) is 5.10 Å². The third kappa shape index (κ3) is 2.34. The molecule has 0 amide bonds. The van der Waals surface area contributed by atoms with Gasteiger partial charge in [-0.15, -0.1) is 0 Å². The number of anilines is 1. The average molecular weight is 234 g/mol. The molecule has 0 aliphatic carbocycles. The molecular weight excluding hydrogens is 216 g/mol. The van der Waals surface area contributed by atoms with Gasteiger partial charge in [0, 0.05) is 24.7 Å². The predicted octanol–water partition coefficient (Wildman–Crippen LogP) is 0.809. The van der Waals surface area contributed by atoms with Gasteiger partial charge in [-0.05, 0) is 32.2 Å². The van der Waals surface area contributed by atoms with Crippen molar-refractivity contribution in [2.75, 3.05) is 18.4 Å². The van der Waals surface area contributed by atoms with E-state index in [0.29, 0.717) is 6.04 Å². The predicted molar refractivity (Wildman–Crippen MR) is 66.1 cm³/mol. The number of aromatic nitrogens is 2. The van der Waals surface area contributed by atoms with E-state index in [-0.39, 0.29) is 5.56 Å². The second-order valence-corrected chi connectivity index (χ2v) is 5.03. The fraction of sp³-hybridized carbons (Fsp3) is 0.667. The third-order valence-electron chi connectivity index (χ3n) is 3.86. The first-order chi connectivity index (χ1) is 8.31. The first-order valence-electron chi connectivity index (χ1n) is 6.36. The van der Waals surface area contributed by atoms with Crippen molar-refractivity contribution in [3.63, 3.8) is 0 Å². The second kappa shape index (κ2) is 4.49. The summed E-state index contributed by atoms with van der Waals surface area (Å²) in [6.45, 7) is 2.45. The minimum atomic E-state index is -0.145. The lowest BCUT2D eigenvalue weighted by Crippen LogP contribution is -2.42. The van der Waals surface area contributed by atoms with Crippen molar-refractivity contribution in [3.8, 4) is 0 Å². The van der Waals surface area contributed by atoms with Crippen molar-refractivity contribution in [2.45, 2.75) is 37.8 Å². The smallest absolute Gasteiger partial charge is 0.266 e. The Morgan fingerprint density at radius 2 is 2.35 bits per heavy atom. The highest BCUT2D eigenvalue weighted by atomic mass is 16.1. The molecule has 2 unspecified atom stereocenters. The minimum absolute atomic E-state index is 0.145. The molecule has 1 aromatic heterocycles. The Kier molecular flexibility index (Phi) is 2.84. The van der Waals surface area contributed by atoms with E-state index in [1.165, 1.54) is 32.4 Å². The Bertz CT molecular complexity index is 444. The van der Waals surface area contributed by atoms with Gasteiger partial charge in [-0.3, -0.25) is 4.79 Å². The highest BCUT2D eigenvalue weighted by Crippen LogP contribution is 2.28. The fourth-order valence-corrected chi connectivity index (χ4v) is 3.05. The maximum absolute atomic E-state index is 11.1. The van der Waals surface area contributed by atoms with E-state index >= 15 is 0 Å². The van der Waals surface area contributed by atoms with Crippen LogP contribution in [0.5, 0.6) is 0 Å². The van der Waals surface area contributed by atoms with Crippen LogP contribution in [0.2, 0.25) is 0 Å². The number of hydrogen-bond donors (Lipinski definition) is 2. The number of nitrogens with zero attached hydrogens (tertiary/aromatic N) is 2. The van der Waals surface area contributed by atoms with Gasteiger partial charge in [-0.1, -0.05) is 0 Å². The second-order valence-electron chi connectivity index (χ2n) is 5.03. The van der Waals surface area contributed by atoms with Crippen LogP contribution in [-0.4, -0.2) is 40.3 Å². The number of aromatic amines is 1. The number of hydrogen-bond acceptors (Lipinski definition) is 4. The molecule has 5 nitrogen and oxygen atoms in total. The molecule has 2 aliphatic rings. The van der Waals surface area contributed by atoms with Gasteiger partial charge in [0.05, 0.1) is 11.9 Å². The normalized spacial score (nSPS) is 28.9. The molecule has 2 aliphatic heterocycles. The van der Waals surface area contributed by atoms with Crippen LogP contribution in [0.1, 0.15) is 25.7 Å². The monoisotopic (exact) mass is 234 g/mol. The van der Waals surface area contributed by atoms with E-state index in [9.17, 15) is 4.79 Å². The first-order valence-corrected chi connectivity index (χ1v) is 6.36. The lowest BCUT2D eigenvalue weighted by Gasteiger charge is -2.35. The fourth-order valence-electron chi connectivity index (χ4n) is 3.05. The van der Waals surface area contributed by atoms with Gasteiger partial charge in [0.15, 0.2) is 0 Å². The molecule has 92 valence electrons. The molecule has 3 rings (SSSR count). The molecule has 17 heavy (non-hydrogen) atoms. The molecule has 2 N–H and O–H groups in total. The summed E-state index contributed by atoms with van der Waals surface area (Å²) in [6, 6.07) is 2.81. The van der Waals surface area contributed by atoms with Gasteiger partial charge in [0.25, 0.3) is 5.56 Å². The molecule has 0 spiro atoms. The highest BCUT2D eigenvalue weighted by molar-refractivity contribution is 5.39. The summed E-state index contributed by atoms with van der Waals surface area (Å²) in [5.41, 5.74) is 0.693. The standard InChI is InChI=1S/C12H18N4O/c17-12-7-10(8-13-15-12)14-9-3-5-16-4-1-2-11(16)6-9/h7-9,11H,1-6H2,(H2,14,15,17). The first kappa shape index (κ1) is 10.8. The Morgan fingerprint density at radius 3 is 3.24 bits per heavy atom. The maximum atomic E-state index is 11.1. The summed E-state index contributed by atoms with van der Waals surface area (Å²) in [4.78, 5) is 13.7. The molecule has 3 heterocycles. The van der Waals surface area contributed by atoms with Crippen LogP contribution in [0, 0.1) is 0 Å². The van der Waals surface area contributed by atoms with E-state index in [1.807, 2.05) is 0 Å². The molecule has 0 bridgehead atoms. The van der Waals surface area contributed by atoms with Crippen molar-refractivity contribution in [3.05, 3.63) is 22.6 Å². The van der Waals surface area contributed by atoms with E-state index in [4.69, 9.17) is 0 Å². The van der Waals surface area contributed by atoms with Crippen LogP contribution in [0.3, 0.4) is 0 Å². The quantitative estimate of drug-likeness (QED) is 0.795. The van der Waals surface area contributed by atoms with Crippen LogP contribution < -0.4 is 10.9 Å². The van der Waals surface area contributed by atoms with Crippen molar-refractivity contribution >= 4 is 5.69 Å². The molecule has 1 aromatic rings. The van der Waals surface area contributed by atoms with Crippen molar-refractivity contribution in [2.24, 2.45) is 0 Å². The molecule has 0 aromatic carbocycles. The molecule has 2 saturated heterocycles. The molecule has 2 atom stereocenters. The summed E-state index contributed by atoms with van der Waals surface area (Å²) in [7, 11) is 0. The average Bonchev–Trinajstić information content (AvgIpc) is 2.76. The van der Waals surface area contributed by atoms with Crippen molar-refractivity contribution < 1.29 is 0 Å². The highest BCUT2D eigenvalue weighted by Gasteiger charge is 2.31. The number of piperidine rings is 1. The zero-order valence-electron chi connectivity index (χ0n) is 9.85. The van der Waals surface area contributed by atoms with Crippen LogP contribution in [0.25, 0.3) is 0 Å². The summed E-state index contributed by atoms with van der Waals surface area (Å²) < 4.78 is 0. The summed E-state index contributed by atoms with van der Waals surface area (Å²) >= 11 is 0. The lowest BCUT2D eigenvalue weighted by molar-refractivity contribution is 0.188. The van der Waals surface area contributed by atoms with E-state index in [0.717, 1.165) is 18.2 Å². The van der Waals surface area contributed by atoms with Crippen LogP contribution in [0.15, 0.2) is 17.1 Å². The van der Waals surface area contributed by atoms with Gasteiger partial charge in [-0.25, -0.2) is 5.10 Å². The lowest BCUT2D eigenvalue weighted by atomic mass is 9.97. The number of rotatable bonds is 2. The van der Waals surface area contributed by atoms with E-state index < -0.39 is 0 Å². The van der Waals surface area contributed by atoms with Gasteiger partial charge in [0.1, 0.15) is 0 Å². The molecule has 5 heteroatoms. The summed E-state index contributed by atoms with van der Waals surface area (Å²) in [6.07, 6.45) is 6.69. The molecular formula is C12H18N4O. The van der Waals surface area contributed by atoms with Crippen molar-refractivity contribution in [1.82, 2.24) is 15.1 Å². The molecule has 0 radical (unpaired) electrons. The molecule has 0 saturated carbocycles. The topological polar surface area (TPSA) is 61.0 Å². The van der Waals surface area contributed by atoms with Gasteiger partial charge >= 0.3 is 0 Å². The van der Waals surface area contributed by atoms with Crippen molar-refractivity contribution in [1.29, 1.82) is 0 Å². The minimum Gasteiger partial charge on any atom is -0.381 e. The number of H-pyrrole nitrogens is 1.